The Morgan fingerprint density at radius 1 is 1.14 bits per heavy atom. The topological polar surface area (TPSA) is 50.7 Å². The number of hydrogen-bond acceptors (Lipinski definition) is 3. The van der Waals surface area contributed by atoms with E-state index in [1.807, 2.05) is 55.5 Å². The van der Waals surface area contributed by atoms with Gasteiger partial charge in [0.2, 0.25) is 5.91 Å². The van der Waals surface area contributed by atoms with E-state index >= 15 is 0 Å². The van der Waals surface area contributed by atoms with Crippen molar-refractivity contribution in [3.05, 3.63) is 54.1 Å². The molecule has 0 aromatic heterocycles. The van der Waals surface area contributed by atoms with E-state index in [1.54, 1.807) is 6.21 Å². The van der Waals surface area contributed by atoms with Gasteiger partial charge in [-0.1, -0.05) is 0 Å². The number of amides is 1. The third kappa shape index (κ3) is 4.76. The molecule has 2 rings (SSSR count). The Kier molecular flexibility index (Phi) is 5.10. The first-order chi connectivity index (χ1) is 10.2. The molecule has 0 unspecified atom stereocenters. The monoisotopic (exact) mass is 282 g/mol. The quantitative estimate of drug-likeness (QED) is 0.848. The molecule has 0 aliphatic rings. The lowest BCUT2D eigenvalue weighted by Crippen LogP contribution is -2.04. The van der Waals surface area contributed by atoms with Crippen LogP contribution in [-0.4, -0.2) is 18.7 Å². The molecule has 0 heterocycles. The predicted molar refractivity (Wildman–Crippen MR) is 85.6 cm³/mol. The number of hydrogen-bond donors (Lipinski definition) is 1. The molecule has 0 spiro atoms. The van der Waals surface area contributed by atoms with Gasteiger partial charge in [-0.3, -0.25) is 9.79 Å². The molecule has 0 atom stereocenters. The van der Waals surface area contributed by atoms with Gasteiger partial charge < -0.3 is 10.1 Å². The minimum absolute atomic E-state index is 0.0827. The molecule has 0 saturated heterocycles. The van der Waals surface area contributed by atoms with Crippen LogP contribution in [0.5, 0.6) is 5.75 Å². The SMILES string of the molecule is CCOc1ccc(C=Nc2ccc(NC(C)=O)cc2)cc1. The minimum atomic E-state index is -0.0827. The summed E-state index contributed by atoms with van der Waals surface area (Å²) in [4.78, 5) is 15.3. The van der Waals surface area contributed by atoms with Crippen molar-refractivity contribution < 1.29 is 9.53 Å². The third-order valence-corrected chi connectivity index (χ3v) is 2.74. The predicted octanol–water partition coefficient (Wildman–Crippen LogP) is 3.79. The van der Waals surface area contributed by atoms with Gasteiger partial charge in [-0.25, -0.2) is 0 Å². The van der Waals surface area contributed by atoms with E-state index in [0.717, 1.165) is 22.7 Å². The van der Waals surface area contributed by atoms with Crippen LogP contribution in [0.3, 0.4) is 0 Å². The molecule has 2 aromatic rings. The summed E-state index contributed by atoms with van der Waals surface area (Å²) in [6, 6.07) is 15.1. The summed E-state index contributed by atoms with van der Waals surface area (Å²) in [6.45, 7) is 4.10. The minimum Gasteiger partial charge on any atom is -0.494 e. The number of nitrogens with one attached hydrogen (secondary N) is 1. The van der Waals surface area contributed by atoms with E-state index in [9.17, 15) is 4.79 Å². The Balaban J connectivity index is 2.01. The highest BCUT2D eigenvalue weighted by Crippen LogP contribution is 2.17. The molecule has 0 aliphatic carbocycles. The van der Waals surface area contributed by atoms with Crippen molar-refractivity contribution in [2.24, 2.45) is 4.99 Å². The Morgan fingerprint density at radius 3 is 2.38 bits per heavy atom. The summed E-state index contributed by atoms with van der Waals surface area (Å²) in [5.74, 6) is 0.773. The number of ether oxygens (including phenoxy) is 1. The van der Waals surface area contributed by atoms with Gasteiger partial charge in [0.1, 0.15) is 5.75 Å². The van der Waals surface area contributed by atoms with E-state index in [4.69, 9.17) is 4.74 Å². The molecule has 0 bridgehead atoms. The molecule has 2 aromatic carbocycles. The second-order valence-electron chi connectivity index (χ2n) is 4.49. The van der Waals surface area contributed by atoms with Crippen LogP contribution in [0.1, 0.15) is 19.4 Å². The summed E-state index contributed by atoms with van der Waals surface area (Å²) in [5.41, 5.74) is 2.60. The van der Waals surface area contributed by atoms with Crippen molar-refractivity contribution in [3.63, 3.8) is 0 Å². The standard InChI is InChI=1S/C17H18N2O2/c1-3-21-17-10-4-14(5-11-17)12-18-15-6-8-16(9-7-15)19-13(2)20/h4-12H,3H2,1-2H3,(H,19,20). The van der Waals surface area contributed by atoms with E-state index in [-0.39, 0.29) is 5.91 Å². The van der Waals surface area contributed by atoms with Crippen molar-refractivity contribution in [1.29, 1.82) is 0 Å². The van der Waals surface area contributed by atoms with Crippen molar-refractivity contribution in [2.45, 2.75) is 13.8 Å². The zero-order valence-electron chi connectivity index (χ0n) is 12.2. The molecule has 1 N–H and O–H groups in total. The van der Waals surface area contributed by atoms with Crippen LogP contribution in [-0.2, 0) is 4.79 Å². The van der Waals surface area contributed by atoms with Gasteiger partial charge in [-0.05, 0) is 61.0 Å². The van der Waals surface area contributed by atoms with Crippen LogP contribution < -0.4 is 10.1 Å². The summed E-state index contributed by atoms with van der Waals surface area (Å²) >= 11 is 0. The maximum Gasteiger partial charge on any atom is 0.221 e. The molecule has 0 saturated carbocycles. The van der Waals surface area contributed by atoms with Gasteiger partial charge in [0, 0.05) is 18.8 Å². The molecule has 4 heteroatoms. The van der Waals surface area contributed by atoms with Crippen molar-refractivity contribution in [1.82, 2.24) is 0 Å². The molecular formula is C17H18N2O2. The Labute approximate surface area is 124 Å². The van der Waals surface area contributed by atoms with Crippen LogP contribution >= 0.6 is 0 Å². The Morgan fingerprint density at radius 2 is 1.81 bits per heavy atom. The second kappa shape index (κ2) is 7.24. The number of benzene rings is 2. The second-order valence-corrected chi connectivity index (χ2v) is 4.49. The van der Waals surface area contributed by atoms with Gasteiger partial charge >= 0.3 is 0 Å². The third-order valence-electron chi connectivity index (χ3n) is 2.74. The zero-order valence-corrected chi connectivity index (χ0v) is 12.2. The summed E-state index contributed by atoms with van der Waals surface area (Å²) in [6.07, 6.45) is 1.79. The highest BCUT2D eigenvalue weighted by atomic mass is 16.5. The van der Waals surface area contributed by atoms with Crippen molar-refractivity contribution in [2.75, 3.05) is 11.9 Å². The maximum absolute atomic E-state index is 10.9. The average Bonchev–Trinajstić information content (AvgIpc) is 2.48. The summed E-state index contributed by atoms with van der Waals surface area (Å²) in [7, 11) is 0. The van der Waals surface area contributed by atoms with E-state index in [1.165, 1.54) is 6.92 Å². The van der Waals surface area contributed by atoms with Crippen molar-refractivity contribution in [3.8, 4) is 5.75 Å². The van der Waals surface area contributed by atoms with Crippen LogP contribution in [0.15, 0.2) is 53.5 Å². The van der Waals surface area contributed by atoms with Crippen LogP contribution in [0.4, 0.5) is 11.4 Å². The lowest BCUT2D eigenvalue weighted by atomic mass is 10.2. The largest absolute Gasteiger partial charge is 0.494 e. The fraction of sp³-hybridized carbons (Fsp3) is 0.176. The molecular weight excluding hydrogens is 264 g/mol. The molecule has 4 nitrogen and oxygen atoms in total. The number of carbonyl (C=O) groups is 1. The normalized spacial score (nSPS) is 10.6. The molecule has 0 aliphatic heterocycles. The molecule has 108 valence electrons. The van der Waals surface area contributed by atoms with E-state index in [2.05, 4.69) is 10.3 Å². The van der Waals surface area contributed by atoms with Gasteiger partial charge in [-0.15, -0.1) is 0 Å². The van der Waals surface area contributed by atoms with Crippen LogP contribution in [0, 0.1) is 0 Å². The smallest absolute Gasteiger partial charge is 0.221 e. The summed E-state index contributed by atoms with van der Waals surface area (Å²) in [5, 5.41) is 2.72. The van der Waals surface area contributed by atoms with Gasteiger partial charge in [-0.2, -0.15) is 0 Å². The zero-order chi connectivity index (χ0) is 15.1. The van der Waals surface area contributed by atoms with Crippen LogP contribution in [0.2, 0.25) is 0 Å². The van der Waals surface area contributed by atoms with Crippen LogP contribution in [0.25, 0.3) is 0 Å². The molecule has 21 heavy (non-hydrogen) atoms. The fourth-order valence-corrected chi connectivity index (χ4v) is 1.80. The highest BCUT2D eigenvalue weighted by molar-refractivity contribution is 5.89. The highest BCUT2D eigenvalue weighted by Gasteiger charge is 1.95. The van der Waals surface area contributed by atoms with E-state index in [0.29, 0.717) is 6.61 Å². The fourth-order valence-electron chi connectivity index (χ4n) is 1.80. The van der Waals surface area contributed by atoms with Gasteiger partial charge in [0.25, 0.3) is 0 Å². The Bertz CT molecular complexity index is 616. The Hall–Kier alpha value is -2.62. The van der Waals surface area contributed by atoms with Gasteiger partial charge in [0.05, 0.1) is 12.3 Å². The lowest BCUT2D eigenvalue weighted by Gasteiger charge is -2.02. The first-order valence-electron chi connectivity index (χ1n) is 6.82. The first kappa shape index (κ1) is 14.8. The number of carbonyl (C=O) groups excluding carboxylic acids is 1. The first-order valence-corrected chi connectivity index (χ1v) is 6.82. The molecule has 1 amide bonds. The molecule has 0 radical (unpaired) electrons. The number of rotatable bonds is 5. The number of aliphatic imine (C=N–C) groups is 1. The average molecular weight is 282 g/mol. The maximum atomic E-state index is 10.9. The number of nitrogens with zero attached hydrogens (tertiary/aromatic N) is 1. The van der Waals surface area contributed by atoms with Gasteiger partial charge in [0.15, 0.2) is 0 Å². The summed E-state index contributed by atoms with van der Waals surface area (Å²) < 4.78 is 5.39. The van der Waals surface area contributed by atoms with Crippen molar-refractivity contribution >= 4 is 23.5 Å². The van der Waals surface area contributed by atoms with E-state index < -0.39 is 0 Å². The molecule has 0 fully saturated rings. The lowest BCUT2D eigenvalue weighted by molar-refractivity contribution is -0.114. The number of anilines is 1.